The van der Waals surface area contributed by atoms with Crippen molar-refractivity contribution in [3.63, 3.8) is 0 Å². The third-order valence-electron chi connectivity index (χ3n) is 6.49. The fourth-order valence-corrected chi connectivity index (χ4v) is 4.84. The summed E-state index contributed by atoms with van der Waals surface area (Å²) in [4.78, 5) is 2.63. The van der Waals surface area contributed by atoms with Gasteiger partial charge in [-0.2, -0.15) is 0 Å². The third-order valence-corrected chi connectivity index (χ3v) is 6.49. The molecule has 1 aliphatic carbocycles. The highest BCUT2D eigenvalue weighted by Crippen LogP contribution is 2.57. The van der Waals surface area contributed by atoms with Crippen LogP contribution in [0.5, 0.6) is 0 Å². The van der Waals surface area contributed by atoms with E-state index in [-0.39, 0.29) is 11.0 Å². The van der Waals surface area contributed by atoms with Gasteiger partial charge in [0.1, 0.15) is 0 Å². The molecular formula is C17H32N2O. The largest absolute Gasteiger partial charge is 0.377 e. The second-order valence-corrected chi connectivity index (χ2v) is 8.11. The molecule has 0 aromatic carbocycles. The number of likely N-dealkylation sites (tertiary alicyclic amines) is 1. The summed E-state index contributed by atoms with van der Waals surface area (Å²) in [6.45, 7) is 11.5. The summed E-state index contributed by atoms with van der Waals surface area (Å²) in [5.41, 5.74) is 7.00. The first kappa shape index (κ1) is 14.8. The zero-order valence-electron chi connectivity index (χ0n) is 13.5. The number of ether oxygens (including phenoxy) is 1. The molecule has 4 atom stereocenters. The molecule has 2 heterocycles. The summed E-state index contributed by atoms with van der Waals surface area (Å²) < 4.78 is 6.02. The van der Waals surface area contributed by atoms with Crippen molar-refractivity contribution in [3.05, 3.63) is 0 Å². The third kappa shape index (κ3) is 2.22. The van der Waals surface area contributed by atoms with Gasteiger partial charge in [-0.25, -0.2) is 0 Å². The van der Waals surface area contributed by atoms with Gasteiger partial charge in [0.15, 0.2) is 0 Å². The van der Waals surface area contributed by atoms with Gasteiger partial charge in [0, 0.05) is 30.0 Å². The van der Waals surface area contributed by atoms with E-state index in [9.17, 15) is 0 Å². The van der Waals surface area contributed by atoms with Gasteiger partial charge in [-0.1, -0.05) is 20.8 Å². The summed E-state index contributed by atoms with van der Waals surface area (Å²) in [6, 6.07) is 0. The van der Waals surface area contributed by atoms with E-state index in [0.717, 1.165) is 19.1 Å². The maximum absolute atomic E-state index is 6.93. The van der Waals surface area contributed by atoms with Crippen LogP contribution in [0.15, 0.2) is 0 Å². The predicted molar refractivity (Wildman–Crippen MR) is 82.6 cm³/mol. The Morgan fingerprint density at radius 1 is 1.15 bits per heavy atom. The first-order chi connectivity index (χ1) is 9.45. The van der Waals surface area contributed by atoms with Crippen LogP contribution in [0.4, 0.5) is 0 Å². The Bertz CT molecular complexity index is 357. The van der Waals surface area contributed by atoms with E-state index in [1.807, 2.05) is 0 Å². The molecule has 3 heteroatoms. The molecule has 1 saturated carbocycles. The molecule has 0 radical (unpaired) electrons. The first-order valence-corrected chi connectivity index (χ1v) is 8.58. The Kier molecular flexibility index (Phi) is 3.89. The smallest absolute Gasteiger partial charge is 0.0690 e. The molecule has 116 valence electrons. The van der Waals surface area contributed by atoms with Crippen molar-refractivity contribution in [2.75, 3.05) is 26.2 Å². The lowest BCUT2D eigenvalue weighted by molar-refractivity contribution is -0.232. The molecular weight excluding hydrogens is 248 g/mol. The molecule has 2 saturated heterocycles. The molecule has 3 rings (SSSR count). The highest BCUT2D eigenvalue weighted by atomic mass is 16.5. The van der Waals surface area contributed by atoms with Gasteiger partial charge in [0.25, 0.3) is 0 Å². The van der Waals surface area contributed by atoms with Gasteiger partial charge >= 0.3 is 0 Å². The van der Waals surface area contributed by atoms with Crippen LogP contribution in [0.25, 0.3) is 0 Å². The van der Waals surface area contributed by atoms with Crippen molar-refractivity contribution in [2.24, 2.45) is 23.0 Å². The maximum Gasteiger partial charge on any atom is 0.0690 e. The number of fused-ring (bicyclic) bond motifs is 1. The number of nitrogens with zero attached hydrogens (tertiary/aromatic N) is 1. The molecule has 0 bridgehead atoms. The molecule has 0 aromatic rings. The zero-order valence-corrected chi connectivity index (χ0v) is 13.5. The Morgan fingerprint density at radius 3 is 2.75 bits per heavy atom. The van der Waals surface area contributed by atoms with Crippen LogP contribution in [0.1, 0.15) is 52.9 Å². The lowest BCUT2D eigenvalue weighted by Gasteiger charge is -2.67. The zero-order chi connectivity index (χ0) is 14.4. The van der Waals surface area contributed by atoms with Crippen LogP contribution in [-0.4, -0.2) is 42.8 Å². The molecule has 0 spiro atoms. The highest BCUT2D eigenvalue weighted by Gasteiger charge is 2.66. The molecule has 4 unspecified atom stereocenters. The van der Waals surface area contributed by atoms with Gasteiger partial charge in [-0.15, -0.1) is 0 Å². The average molecular weight is 280 g/mol. The number of hydrogen-bond donors (Lipinski definition) is 1. The second-order valence-electron chi connectivity index (χ2n) is 8.11. The van der Waals surface area contributed by atoms with Gasteiger partial charge in [-0.05, 0) is 51.1 Å². The Morgan fingerprint density at radius 2 is 1.95 bits per heavy atom. The van der Waals surface area contributed by atoms with E-state index in [1.165, 1.54) is 45.2 Å². The van der Waals surface area contributed by atoms with E-state index in [4.69, 9.17) is 10.5 Å². The van der Waals surface area contributed by atoms with E-state index in [1.54, 1.807) is 0 Å². The van der Waals surface area contributed by atoms with Crippen LogP contribution >= 0.6 is 0 Å². The monoisotopic (exact) mass is 280 g/mol. The van der Waals surface area contributed by atoms with Crippen LogP contribution in [0, 0.1) is 17.3 Å². The van der Waals surface area contributed by atoms with Crippen LogP contribution in [-0.2, 0) is 4.74 Å². The van der Waals surface area contributed by atoms with Crippen molar-refractivity contribution < 1.29 is 4.74 Å². The number of hydrogen-bond acceptors (Lipinski definition) is 3. The van der Waals surface area contributed by atoms with Crippen molar-refractivity contribution in [1.29, 1.82) is 0 Å². The van der Waals surface area contributed by atoms with E-state index in [2.05, 4.69) is 25.7 Å². The molecule has 2 aliphatic heterocycles. The van der Waals surface area contributed by atoms with Crippen molar-refractivity contribution in [3.8, 4) is 0 Å². The standard InChI is InChI=1S/C17H32N2O/c1-13-6-4-9-19(10-8-13)12-17(18)14-7-5-11-20-15(14)16(17,2)3/h13-15H,4-12,18H2,1-3H3. The minimum Gasteiger partial charge on any atom is -0.377 e. The van der Waals surface area contributed by atoms with E-state index < -0.39 is 0 Å². The van der Waals surface area contributed by atoms with Gasteiger partial charge < -0.3 is 15.4 Å². The fraction of sp³-hybridized carbons (Fsp3) is 1.00. The quantitative estimate of drug-likeness (QED) is 0.845. The minimum atomic E-state index is -0.0499. The van der Waals surface area contributed by atoms with Crippen LogP contribution < -0.4 is 5.73 Å². The molecule has 20 heavy (non-hydrogen) atoms. The molecule has 2 N–H and O–H groups in total. The van der Waals surface area contributed by atoms with E-state index >= 15 is 0 Å². The van der Waals surface area contributed by atoms with Gasteiger partial charge in [0.2, 0.25) is 0 Å². The Hall–Kier alpha value is -0.120. The Balaban J connectivity index is 1.68. The van der Waals surface area contributed by atoms with Crippen molar-refractivity contribution in [1.82, 2.24) is 4.90 Å². The molecule has 3 fully saturated rings. The normalized spacial score (nSPS) is 45.3. The minimum absolute atomic E-state index is 0.0499. The highest BCUT2D eigenvalue weighted by molar-refractivity contribution is 5.20. The summed E-state index contributed by atoms with van der Waals surface area (Å²) in [5, 5.41) is 0. The average Bonchev–Trinajstić information content (AvgIpc) is 2.63. The fourth-order valence-electron chi connectivity index (χ4n) is 4.84. The summed E-state index contributed by atoms with van der Waals surface area (Å²) in [5.74, 6) is 1.46. The van der Waals surface area contributed by atoms with Gasteiger partial charge in [0.05, 0.1) is 6.10 Å². The molecule has 3 nitrogen and oxygen atoms in total. The molecule has 3 aliphatic rings. The number of nitrogens with two attached hydrogens (primary N) is 1. The van der Waals surface area contributed by atoms with Crippen LogP contribution in [0.3, 0.4) is 0 Å². The van der Waals surface area contributed by atoms with Crippen LogP contribution in [0.2, 0.25) is 0 Å². The molecule has 0 amide bonds. The summed E-state index contributed by atoms with van der Waals surface area (Å²) in [7, 11) is 0. The molecule has 0 aromatic heterocycles. The SMILES string of the molecule is CC1CCCN(CC2(N)C3CCCOC3C2(C)C)CC1. The summed E-state index contributed by atoms with van der Waals surface area (Å²) >= 11 is 0. The summed E-state index contributed by atoms with van der Waals surface area (Å²) in [6.07, 6.45) is 6.89. The number of rotatable bonds is 2. The maximum atomic E-state index is 6.93. The predicted octanol–water partition coefficient (Wildman–Crippen LogP) is 2.64. The van der Waals surface area contributed by atoms with Gasteiger partial charge in [-0.3, -0.25) is 0 Å². The lowest BCUT2D eigenvalue weighted by Crippen LogP contribution is -2.80. The van der Waals surface area contributed by atoms with Crippen molar-refractivity contribution in [2.45, 2.75) is 64.5 Å². The first-order valence-electron chi connectivity index (χ1n) is 8.58. The van der Waals surface area contributed by atoms with Crippen molar-refractivity contribution >= 4 is 0 Å². The Labute approximate surface area is 124 Å². The topological polar surface area (TPSA) is 38.5 Å². The van der Waals surface area contributed by atoms with E-state index in [0.29, 0.717) is 12.0 Å². The lowest BCUT2D eigenvalue weighted by atomic mass is 9.46. The second kappa shape index (κ2) is 5.26.